The van der Waals surface area contributed by atoms with Crippen molar-refractivity contribution in [2.75, 3.05) is 38.6 Å². The fourth-order valence-corrected chi connectivity index (χ4v) is 3.41. The summed E-state index contributed by atoms with van der Waals surface area (Å²) in [7, 11) is 0. The number of aliphatic hydroxyl groups excluding tert-OH is 1. The van der Waals surface area contributed by atoms with Gasteiger partial charge in [0.2, 0.25) is 0 Å². The van der Waals surface area contributed by atoms with Crippen LogP contribution in [0.1, 0.15) is 0 Å². The van der Waals surface area contributed by atoms with Crippen LogP contribution in [0.4, 0.5) is 4.39 Å². The summed E-state index contributed by atoms with van der Waals surface area (Å²) in [6.07, 6.45) is 3.04. The molecule has 0 aliphatic carbocycles. The van der Waals surface area contributed by atoms with Gasteiger partial charge in [-0.3, -0.25) is 9.47 Å². The van der Waals surface area contributed by atoms with Gasteiger partial charge in [0, 0.05) is 37.8 Å². The number of morpholine rings is 1. The van der Waals surface area contributed by atoms with E-state index < -0.39 is 6.10 Å². The highest BCUT2D eigenvalue weighted by Crippen LogP contribution is 2.21. The van der Waals surface area contributed by atoms with Gasteiger partial charge in [0.1, 0.15) is 5.82 Å². The minimum atomic E-state index is -0.434. The van der Waals surface area contributed by atoms with Gasteiger partial charge in [-0.05, 0) is 18.2 Å². The molecule has 1 aromatic heterocycles. The molecule has 2 aromatic rings. The molecule has 1 fully saturated rings. The molecule has 0 spiro atoms. The molecule has 1 saturated heterocycles. The molecule has 1 unspecified atom stereocenters. The van der Waals surface area contributed by atoms with E-state index in [1.165, 1.54) is 23.9 Å². The van der Waals surface area contributed by atoms with E-state index in [0.717, 1.165) is 37.1 Å². The molecule has 5 nitrogen and oxygen atoms in total. The minimum Gasteiger partial charge on any atom is -0.391 e. The lowest BCUT2D eigenvalue weighted by Gasteiger charge is -2.28. The smallest absolute Gasteiger partial charge is 0.172 e. The molecule has 0 saturated carbocycles. The predicted octanol–water partition coefficient (Wildman–Crippen LogP) is 1.80. The van der Waals surface area contributed by atoms with Crippen LogP contribution in [-0.2, 0) is 4.74 Å². The molecule has 1 aliphatic rings. The quantitative estimate of drug-likeness (QED) is 0.815. The third-order valence-corrected chi connectivity index (χ3v) is 4.78. The molecular formula is C16H20FN3O2S. The first kappa shape index (κ1) is 16.4. The molecule has 1 N–H and O–H groups in total. The van der Waals surface area contributed by atoms with E-state index in [4.69, 9.17) is 4.74 Å². The summed E-state index contributed by atoms with van der Waals surface area (Å²) in [6, 6.07) is 6.39. The molecule has 1 aliphatic heterocycles. The van der Waals surface area contributed by atoms with Crippen molar-refractivity contribution >= 4 is 11.8 Å². The van der Waals surface area contributed by atoms with Crippen LogP contribution in [0.25, 0.3) is 5.69 Å². The Labute approximate surface area is 139 Å². The van der Waals surface area contributed by atoms with Crippen LogP contribution in [0.2, 0.25) is 0 Å². The highest BCUT2D eigenvalue weighted by molar-refractivity contribution is 7.99. The lowest BCUT2D eigenvalue weighted by atomic mass is 10.3. The van der Waals surface area contributed by atoms with Crippen LogP contribution in [0.3, 0.4) is 0 Å². The van der Waals surface area contributed by atoms with Crippen LogP contribution in [0.5, 0.6) is 0 Å². The average Bonchev–Trinajstić information content (AvgIpc) is 3.02. The largest absolute Gasteiger partial charge is 0.391 e. The normalized spacial score (nSPS) is 17.3. The van der Waals surface area contributed by atoms with Crippen LogP contribution in [0, 0.1) is 5.82 Å². The predicted molar refractivity (Wildman–Crippen MR) is 87.5 cm³/mol. The zero-order chi connectivity index (χ0) is 16.1. The molecule has 2 heterocycles. The molecule has 3 rings (SSSR count). The van der Waals surface area contributed by atoms with Gasteiger partial charge in [-0.25, -0.2) is 9.37 Å². The number of nitrogens with zero attached hydrogens (tertiary/aromatic N) is 3. The molecule has 1 atom stereocenters. The van der Waals surface area contributed by atoms with Crippen molar-refractivity contribution in [2.24, 2.45) is 0 Å². The van der Waals surface area contributed by atoms with E-state index in [1.54, 1.807) is 18.5 Å². The van der Waals surface area contributed by atoms with Gasteiger partial charge in [0.05, 0.1) is 25.0 Å². The number of aliphatic hydroxyl groups is 1. The number of ether oxygens (including phenoxy) is 1. The van der Waals surface area contributed by atoms with Crippen molar-refractivity contribution in [1.82, 2.24) is 14.5 Å². The molecule has 0 amide bonds. The Morgan fingerprint density at radius 1 is 1.35 bits per heavy atom. The summed E-state index contributed by atoms with van der Waals surface area (Å²) in [4.78, 5) is 6.50. The number of thioether (sulfide) groups is 1. The van der Waals surface area contributed by atoms with E-state index in [-0.39, 0.29) is 5.82 Å². The summed E-state index contributed by atoms with van der Waals surface area (Å²) in [5.41, 5.74) is 0.729. The molecule has 0 bridgehead atoms. The highest BCUT2D eigenvalue weighted by atomic mass is 32.2. The third-order valence-electron chi connectivity index (χ3n) is 3.67. The number of hydrogen-bond donors (Lipinski definition) is 1. The monoisotopic (exact) mass is 337 g/mol. The zero-order valence-electron chi connectivity index (χ0n) is 12.8. The third kappa shape index (κ3) is 4.54. The Morgan fingerprint density at radius 3 is 2.96 bits per heavy atom. The second-order valence-electron chi connectivity index (χ2n) is 5.44. The summed E-state index contributed by atoms with van der Waals surface area (Å²) in [6.45, 7) is 3.81. The highest BCUT2D eigenvalue weighted by Gasteiger charge is 2.16. The molecule has 23 heavy (non-hydrogen) atoms. The van der Waals surface area contributed by atoms with Crippen molar-refractivity contribution in [3.05, 3.63) is 42.5 Å². The van der Waals surface area contributed by atoms with Crippen molar-refractivity contribution in [3.8, 4) is 5.69 Å². The maximum Gasteiger partial charge on any atom is 0.172 e. The number of β-amino-alcohol motifs (C(OH)–C–C–N with tert-alkyl or cyclic N) is 1. The van der Waals surface area contributed by atoms with E-state index in [0.29, 0.717) is 12.3 Å². The van der Waals surface area contributed by atoms with E-state index >= 15 is 0 Å². The summed E-state index contributed by atoms with van der Waals surface area (Å²) in [5.74, 6) is 0.267. The second-order valence-corrected chi connectivity index (χ2v) is 6.42. The van der Waals surface area contributed by atoms with Gasteiger partial charge in [0.25, 0.3) is 0 Å². The summed E-state index contributed by atoms with van der Waals surface area (Å²) < 4.78 is 20.5. The van der Waals surface area contributed by atoms with Gasteiger partial charge in [-0.15, -0.1) is 0 Å². The zero-order valence-corrected chi connectivity index (χ0v) is 13.6. The van der Waals surface area contributed by atoms with Gasteiger partial charge in [-0.2, -0.15) is 0 Å². The Bertz CT molecular complexity index is 631. The standard InChI is InChI=1S/C16H20FN3O2S/c17-13-2-1-3-14(10-13)20-5-4-18-16(20)23-12-15(21)11-19-6-8-22-9-7-19/h1-5,10,15,21H,6-9,11-12H2. The van der Waals surface area contributed by atoms with E-state index in [9.17, 15) is 9.50 Å². The van der Waals surface area contributed by atoms with Gasteiger partial charge in [-0.1, -0.05) is 17.8 Å². The Hall–Kier alpha value is -1.41. The molecule has 7 heteroatoms. The molecule has 1 aromatic carbocycles. The molecule has 124 valence electrons. The topological polar surface area (TPSA) is 50.5 Å². The second kappa shape index (κ2) is 7.92. The lowest BCUT2D eigenvalue weighted by Crippen LogP contribution is -2.41. The van der Waals surface area contributed by atoms with Crippen molar-refractivity contribution in [1.29, 1.82) is 0 Å². The summed E-state index contributed by atoms with van der Waals surface area (Å²) >= 11 is 1.47. The Kier molecular flexibility index (Phi) is 5.66. The maximum atomic E-state index is 13.4. The number of hydrogen-bond acceptors (Lipinski definition) is 5. The van der Waals surface area contributed by atoms with Crippen LogP contribution in [0.15, 0.2) is 41.8 Å². The first-order valence-electron chi connectivity index (χ1n) is 7.62. The van der Waals surface area contributed by atoms with E-state index in [2.05, 4.69) is 9.88 Å². The van der Waals surface area contributed by atoms with E-state index in [1.807, 2.05) is 10.6 Å². The first-order valence-corrected chi connectivity index (χ1v) is 8.61. The summed E-state index contributed by atoms with van der Waals surface area (Å²) in [5, 5.41) is 11.0. The van der Waals surface area contributed by atoms with Crippen LogP contribution >= 0.6 is 11.8 Å². The number of halogens is 1. The van der Waals surface area contributed by atoms with Gasteiger partial charge in [0.15, 0.2) is 5.16 Å². The number of aromatic nitrogens is 2. The minimum absolute atomic E-state index is 0.278. The number of imidazole rings is 1. The Morgan fingerprint density at radius 2 is 2.17 bits per heavy atom. The number of rotatable bonds is 6. The van der Waals surface area contributed by atoms with Gasteiger partial charge >= 0.3 is 0 Å². The SMILES string of the molecule is OC(CSc1nccn1-c1cccc(F)c1)CN1CCOCC1. The first-order chi connectivity index (χ1) is 11.2. The lowest BCUT2D eigenvalue weighted by molar-refractivity contribution is 0.0188. The average molecular weight is 337 g/mol. The van der Waals surface area contributed by atoms with Crippen LogP contribution in [-0.4, -0.2) is 64.3 Å². The van der Waals surface area contributed by atoms with Crippen LogP contribution < -0.4 is 0 Å². The van der Waals surface area contributed by atoms with Crippen molar-refractivity contribution in [2.45, 2.75) is 11.3 Å². The maximum absolute atomic E-state index is 13.4. The van der Waals surface area contributed by atoms with Gasteiger partial charge < -0.3 is 9.84 Å². The molecule has 0 radical (unpaired) electrons. The fraction of sp³-hybridized carbons (Fsp3) is 0.438. The van der Waals surface area contributed by atoms with Crippen molar-refractivity contribution < 1.29 is 14.2 Å². The molecular weight excluding hydrogens is 317 g/mol. The fourth-order valence-electron chi connectivity index (χ4n) is 2.52. The number of benzene rings is 1. The Balaban J connectivity index is 1.57. The van der Waals surface area contributed by atoms with Crippen molar-refractivity contribution in [3.63, 3.8) is 0 Å².